The Hall–Kier alpha value is -2.42. The number of urea groups is 1. The molecule has 1 saturated carbocycles. The fourth-order valence-corrected chi connectivity index (χ4v) is 3.13. The van der Waals surface area contributed by atoms with E-state index in [-0.39, 0.29) is 18.1 Å². The van der Waals surface area contributed by atoms with Gasteiger partial charge in [-0.15, -0.1) is 5.10 Å². The Morgan fingerprint density at radius 1 is 1.36 bits per heavy atom. The lowest BCUT2D eigenvalue weighted by Crippen LogP contribution is -2.45. The molecule has 2 atom stereocenters. The smallest absolute Gasteiger partial charge is 0.320 e. The van der Waals surface area contributed by atoms with E-state index in [1.54, 1.807) is 48.7 Å². The van der Waals surface area contributed by atoms with Crippen LogP contribution in [-0.2, 0) is 12.6 Å². The highest BCUT2D eigenvalue weighted by atomic mass is 16.3. The molecule has 3 rings (SSSR count). The highest BCUT2D eigenvalue weighted by Crippen LogP contribution is 2.29. The van der Waals surface area contributed by atoms with Crippen LogP contribution in [0.15, 0.2) is 18.5 Å². The number of anilines is 1. The summed E-state index contributed by atoms with van der Waals surface area (Å²) in [5, 5.41) is 28.2. The summed E-state index contributed by atoms with van der Waals surface area (Å²) in [6, 6.07) is 1.46. The molecule has 0 aromatic carbocycles. The van der Waals surface area contributed by atoms with Crippen LogP contribution in [0.25, 0.3) is 0 Å². The molecule has 25 heavy (non-hydrogen) atoms. The summed E-state index contributed by atoms with van der Waals surface area (Å²) in [7, 11) is 1.77. The van der Waals surface area contributed by atoms with Crippen LogP contribution in [0, 0.1) is 0 Å². The molecule has 2 aromatic heterocycles. The van der Waals surface area contributed by atoms with E-state index in [2.05, 4.69) is 26.0 Å². The van der Waals surface area contributed by atoms with Crippen molar-refractivity contribution in [3.8, 4) is 0 Å². The molecule has 2 heterocycles. The average Bonchev–Trinajstić information content (AvgIpc) is 3.17. The molecule has 1 aliphatic rings. The number of hydrogen-bond acceptors (Lipinski definition) is 5. The molecule has 0 bridgehead atoms. The van der Waals surface area contributed by atoms with Crippen molar-refractivity contribution >= 4 is 11.8 Å². The summed E-state index contributed by atoms with van der Waals surface area (Å²) < 4.78 is 3.37. The van der Waals surface area contributed by atoms with E-state index in [0.717, 1.165) is 25.7 Å². The lowest BCUT2D eigenvalue weighted by Gasteiger charge is -2.32. The maximum Gasteiger partial charge on any atom is 0.320 e. The van der Waals surface area contributed by atoms with Gasteiger partial charge in [0.1, 0.15) is 17.1 Å². The van der Waals surface area contributed by atoms with E-state index in [1.165, 1.54) is 0 Å². The summed E-state index contributed by atoms with van der Waals surface area (Å²) in [4.78, 5) is 12.3. The third-order valence-corrected chi connectivity index (χ3v) is 4.59. The Kier molecular flexibility index (Phi) is 4.76. The molecule has 0 saturated heterocycles. The fraction of sp³-hybridized carbons (Fsp3) is 0.625. The summed E-state index contributed by atoms with van der Waals surface area (Å²) in [5.74, 6) is 0.634. The largest absolute Gasteiger partial charge is 0.384 e. The molecule has 2 aromatic rings. The Bertz CT molecular complexity index is 731. The zero-order chi connectivity index (χ0) is 18.0. The van der Waals surface area contributed by atoms with Gasteiger partial charge >= 0.3 is 6.03 Å². The second-order valence-electron chi connectivity index (χ2n) is 7.04. The number of nitrogens with zero attached hydrogens (tertiary/aromatic N) is 5. The summed E-state index contributed by atoms with van der Waals surface area (Å²) in [6.45, 7) is 3.36. The molecule has 0 unspecified atom stereocenters. The minimum Gasteiger partial charge on any atom is -0.384 e. The number of carbonyl (C=O) groups is 1. The molecule has 136 valence electrons. The van der Waals surface area contributed by atoms with Gasteiger partial charge in [0, 0.05) is 13.1 Å². The van der Waals surface area contributed by atoms with Gasteiger partial charge in [-0.25, -0.2) is 9.48 Å². The second kappa shape index (κ2) is 6.83. The molecule has 9 nitrogen and oxygen atoms in total. The van der Waals surface area contributed by atoms with Gasteiger partial charge in [0.2, 0.25) is 0 Å². The van der Waals surface area contributed by atoms with Crippen LogP contribution in [0.2, 0.25) is 0 Å². The summed E-state index contributed by atoms with van der Waals surface area (Å²) >= 11 is 0. The Morgan fingerprint density at radius 3 is 2.76 bits per heavy atom. The molecular weight excluding hydrogens is 322 g/mol. The third kappa shape index (κ3) is 3.98. The first kappa shape index (κ1) is 17.4. The normalized spacial score (nSPS) is 21.1. The first-order chi connectivity index (χ1) is 11.8. The van der Waals surface area contributed by atoms with Crippen molar-refractivity contribution in [2.24, 2.45) is 7.05 Å². The minimum absolute atomic E-state index is 0.0228. The molecule has 2 amide bonds. The van der Waals surface area contributed by atoms with E-state index in [9.17, 15) is 9.90 Å². The van der Waals surface area contributed by atoms with Gasteiger partial charge < -0.3 is 10.4 Å². The summed E-state index contributed by atoms with van der Waals surface area (Å²) in [5.41, 5.74) is -0.511. The fourth-order valence-electron chi connectivity index (χ4n) is 3.13. The van der Waals surface area contributed by atoms with E-state index in [1.807, 2.05) is 0 Å². The van der Waals surface area contributed by atoms with Gasteiger partial charge in [0.05, 0.1) is 24.5 Å². The van der Waals surface area contributed by atoms with E-state index in [0.29, 0.717) is 11.5 Å². The molecule has 1 fully saturated rings. The predicted molar refractivity (Wildman–Crippen MR) is 91.9 cm³/mol. The number of aliphatic hydroxyl groups is 1. The highest BCUT2D eigenvalue weighted by molar-refractivity contribution is 5.88. The number of hydrogen-bond donors (Lipinski definition) is 3. The van der Waals surface area contributed by atoms with Crippen molar-refractivity contribution in [2.75, 3.05) is 5.32 Å². The quantitative estimate of drug-likeness (QED) is 0.777. The van der Waals surface area contributed by atoms with Crippen molar-refractivity contribution < 1.29 is 9.90 Å². The Morgan fingerprint density at radius 2 is 2.12 bits per heavy atom. The maximum absolute atomic E-state index is 12.3. The number of amides is 2. The molecule has 0 aliphatic heterocycles. The number of nitrogens with one attached hydrogen (secondary N) is 2. The van der Waals surface area contributed by atoms with Crippen molar-refractivity contribution in [1.82, 2.24) is 30.1 Å². The monoisotopic (exact) mass is 347 g/mol. The average molecular weight is 347 g/mol. The standard InChI is InChI=1S/C16H25N7O2/c1-16(2,25)13-10-23(21-20-13)12-7-5-4-6-11(12)18-15(24)19-14-8-9-17-22(14)3/h8-12,25H,4-7H2,1-3H3,(H2,18,19,24)/t11-,12+/m0/s1. The topological polar surface area (TPSA) is 110 Å². The molecule has 9 heteroatoms. The van der Waals surface area contributed by atoms with Crippen molar-refractivity contribution in [3.05, 3.63) is 24.2 Å². The molecule has 0 spiro atoms. The lowest BCUT2D eigenvalue weighted by molar-refractivity contribution is 0.0736. The number of carbonyl (C=O) groups excluding carboxylic acids is 1. The highest BCUT2D eigenvalue weighted by Gasteiger charge is 2.30. The molecule has 1 aliphatic carbocycles. The molecule has 0 radical (unpaired) electrons. The van der Waals surface area contributed by atoms with Crippen LogP contribution in [0.5, 0.6) is 0 Å². The Labute approximate surface area is 146 Å². The van der Waals surface area contributed by atoms with Gasteiger partial charge in [-0.3, -0.25) is 10.00 Å². The molecule has 3 N–H and O–H groups in total. The third-order valence-electron chi connectivity index (χ3n) is 4.59. The van der Waals surface area contributed by atoms with Gasteiger partial charge in [-0.2, -0.15) is 5.10 Å². The van der Waals surface area contributed by atoms with Crippen LogP contribution in [-0.4, -0.2) is 42.0 Å². The Balaban J connectivity index is 1.69. The maximum atomic E-state index is 12.3. The summed E-state index contributed by atoms with van der Waals surface area (Å²) in [6.07, 6.45) is 7.31. The minimum atomic E-state index is -1.03. The zero-order valence-corrected chi connectivity index (χ0v) is 14.8. The van der Waals surface area contributed by atoms with E-state index < -0.39 is 5.60 Å². The predicted octanol–water partition coefficient (Wildman–Crippen LogP) is 1.54. The van der Waals surface area contributed by atoms with E-state index in [4.69, 9.17) is 0 Å². The molecular formula is C16H25N7O2. The first-order valence-electron chi connectivity index (χ1n) is 8.55. The van der Waals surface area contributed by atoms with Crippen LogP contribution in [0.1, 0.15) is 51.3 Å². The number of rotatable bonds is 4. The van der Waals surface area contributed by atoms with Crippen molar-refractivity contribution in [2.45, 2.75) is 57.2 Å². The van der Waals surface area contributed by atoms with Crippen molar-refractivity contribution in [1.29, 1.82) is 0 Å². The SMILES string of the molecule is Cn1nccc1NC(=O)N[C@H]1CCCC[C@H]1n1cc(C(C)(C)O)nn1. The van der Waals surface area contributed by atoms with Gasteiger partial charge in [0.25, 0.3) is 0 Å². The first-order valence-corrected chi connectivity index (χ1v) is 8.55. The van der Waals surface area contributed by atoms with Crippen LogP contribution < -0.4 is 10.6 Å². The van der Waals surface area contributed by atoms with Crippen LogP contribution >= 0.6 is 0 Å². The van der Waals surface area contributed by atoms with Crippen LogP contribution in [0.4, 0.5) is 10.6 Å². The van der Waals surface area contributed by atoms with Crippen LogP contribution in [0.3, 0.4) is 0 Å². The number of aryl methyl sites for hydroxylation is 1. The van der Waals surface area contributed by atoms with Crippen molar-refractivity contribution in [3.63, 3.8) is 0 Å². The van der Waals surface area contributed by atoms with Gasteiger partial charge in [-0.05, 0) is 26.7 Å². The van der Waals surface area contributed by atoms with E-state index >= 15 is 0 Å². The van der Waals surface area contributed by atoms with Gasteiger partial charge in [0.15, 0.2) is 0 Å². The van der Waals surface area contributed by atoms with Gasteiger partial charge in [-0.1, -0.05) is 18.1 Å². The lowest BCUT2D eigenvalue weighted by atomic mass is 9.90. The number of aromatic nitrogens is 5. The zero-order valence-electron chi connectivity index (χ0n) is 14.8. The second-order valence-corrected chi connectivity index (χ2v) is 7.04.